The molecule has 0 unspecified atom stereocenters. The number of pyridine rings is 1. The van der Waals surface area contributed by atoms with Crippen LogP contribution in [0.5, 0.6) is 0 Å². The average Bonchev–Trinajstić information content (AvgIpc) is 2.85. The van der Waals surface area contributed by atoms with Crippen molar-refractivity contribution in [2.45, 2.75) is 13.3 Å². The molecule has 0 bridgehead atoms. The molecule has 2 aromatic rings. The predicted molar refractivity (Wildman–Crippen MR) is 69.9 cm³/mol. The highest BCUT2D eigenvalue weighted by molar-refractivity contribution is 6.01. The van der Waals surface area contributed by atoms with E-state index in [0.717, 1.165) is 17.5 Å². The van der Waals surface area contributed by atoms with Crippen molar-refractivity contribution in [3.8, 4) is 0 Å². The van der Waals surface area contributed by atoms with Gasteiger partial charge in [0.25, 0.3) is 0 Å². The molecule has 0 atom stereocenters. The molecule has 0 aliphatic heterocycles. The van der Waals surface area contributed by atoms with Gasteiger partial charge in [-0.25, -0.2) is 0 Å². The average molecular weight is 242 g/mol. The fourth-order valence-electron chi connectivity index (χ4n) is 1.50. The molecule has 0 aliphatic carbocycles. The number of amides is 1. The van der Waals surface area contributed by atoms with Crippen molar-refractivity contribution in [1.29, 1.82) is 0 Å². The van der Waals surface area contributed by atoms with Crippen LogP contribution in [0.2, 0.25) is 0 Å². The Morgan fingerprint density at radius 1 is 1.50 bits per heavy atom. The lowest BCUT2D eigenvalue weighted by Gasteiger charge is -2.00. The molecule has 5 nitrogen and oxygen atoms in total. The number of H-pyrrole nitrogens is 1. The van der Waals surface area contributed by atoms with E-state index in [0.29, 0.717) is 5.82 Å². The van der Waals surface area contributed by atoms with E-state index in [9.17, 15) is 4.79 Å². The van der Waals surface area contributed by atoms with Crippen LogP contribution in [0.25, 0.3) is 6.08 Å². The van der Waals surface area contributed by atoms with E-state index >= 15 is 0 Å². The summed E-state index contributed by atoms with van der Waals surface area (Å²) < 4.78 is 0. The molecular formula is C13H14N4O. The second-order valence-electron chi connectivity index (χ2n) is 3.73. The summed E-state index contributed by atoms with van der Waals surface area (Å²) in [6.45, 7) is 2.01. The van der Waals surface area contributed by atoms with Gasteiger partial charge in [-0.15, -0.1) is 0 Å². The summed E-state index contributed by atoms with van der Waals surface area (Å²) in [6.07, 6.45) is 9.09. The second-order valence-corrected chi connectivity index (χ2v) is 3.73. The third-order valence-corrected chi connectivity index (χ3v) is 2.46. The number of rotatable bonds is 4. The van der Waals surface area contributed by atoms with Crippen LogP contribution < -0.4 is 5.32 Å². The van der Waals surface area contributed by atoms with Crippen LogP contribution in [0.15, 0.2) is 36.8 Å². The fourth-order valence-corrected chi connectivity index (χ4v) is 1.50. The van der Waals surface area contributed by atoms with Gasteiger partial charge in [0.1, 0.15) is 5.82 Å². The summed E-state index contributed by atoms with van der Waals surface area (Å²) in [5.41, 5.74) is 1.87. The molecule has 5 heteroatoms. The maximum Gasteiger partial charge on any atom is 0.249 e. The molecule has 0 fully saturated rings. The van der Waals surface area contributed by atoms with Gasteiger partial charge in [0.2, 0.25) is 5.91 Å². The Balaban J connectivity index is 1.99. The molecule has 2 rings (SSSR count). The lowest BCUT2D eigenvalue weighted by Crippen LogP contribution is -2.09. The van der Waals surface area contributed by atoms with Gasteiger partial charge in [0, 0.05) is 24.0 Å². The molecule has 0 saturated carbocycles. The van der Waals surface area contributed by atoms with Crippen molar-refractivity contribution in [3.63, 3.8) is 0 Å². The molecule has 0 spiro atoms. The molecule has 2 aromatic heterocycles. The van der Waals surface area contributed by atoms with E-state index < -0.39 is 0 Å². The third-order valence-electron chi connectivity index (χ3n) is 2.46. The van der Waals surface area contributed by atoms with E-state index in [4.69, 9.17) is 0 Å². The van der Waals surface area contributed by atoms with Gasteiger partial charge in [0.15, 0.2) is 0 Å². The van der Waals surface area contributed by atoms with E-state index in [2.05, 4.69) is 20.5 Å². The normalized spacial score (nSPS) is 10.7. The highest BCUT2D eigenvalue weighted by Crippen LogP contribution is 2.11. The molecule has 0 saturated heterocycles. The topological polar surface area (TPSA) is 70.7 Å². The lowest BCUT2D eigenvalue weighted by atomic mass is 10.2. The van der Waals surface area contributed by atoms with E-state index in [1.807, 2.05) is 19.1 Å². The lowest BCUT2D eigenvalue weighted by molar-refractivity contribution is -0.111. The Bertz CT molecular complexity index is 545. The summed E-state index contributed by atoms with van der Waals surface area (Å²) in [5, 5.41) is 9.40. The molecule has 2 heterocycles. The minimum absolute atomic E-state index is 0.196. The van der Waals surface area contributed by atoms with Crippen LogP contribution in [-0.2, 0) is 11.2 Å². The number of aromatic amines is 1. The Morgan fingerprint density at radius 3 is 3.11 bits per heavy atom. The number of hydrogen-bond donors (Lipinski definition) is 2. The van der Waals surface area contributed by atoms with Crippen molar-refractivity contribution < 1.29 is 4.79 Å². The number of hydrogen-bond acceptors (Lipinski definition) is 3. The standard InChI is InChI=1S/C13H14N4O/c1-2-11-9-15-17-13(11)16-12(18)6-5-10-4-3-7-14-8-10/h3-9H,2H2,1H3,(H2,15,16,17,18)/b6-5+. The Labute approximate surface area is 105 Å². The van der Waals surface area contributed by atoms with Crippen LogP contribution in [0, 0.1) is 0 Å². The summed E-state index contributed by atoms with van der Waals surface area (Å²) in [4.78, 5) is 15.7. The zero-order chi connectivity index (χ0) is 12.8. The summed E-state index contributed by atoms with van der Waals surface area (Å²) >= 11 is 0. The summed E-state index contributed by atoms with van der Waals surface area (Å²) in [5.74, 6) is 0.455. The quantitative estimate of drug-likeness (QED) is 0.806. The number of nitrogens with zero attached hydrogens (tertiary/aromatic N) is 2. The predicted octanol–water partition coefficient (Wildman–Crippen LogP) is 2.02. The maximum atomic E-state index is 11.7. The Hall–Kier alpha value is -2.43. The smallest absolute Gasteiger partial charge is 0.249 e. The number of anilines is 1. The van der Waals surface area contributed by atoms with Crippen molar-refractivity contribution in [2.75, 3.05) is 5.32 Å². The summed E-state index contributed by atoms with van der Waals surface area (Å²) in [7, 11) is 0. The van der Waals surface area contributed by atoms with Gasteiger partial charge >= 0.3 is 0 Å². The van der Waals surface area contributed by atoms with Crippen LogP contribution in [0.1, 0.15) is 18.1 Å². The van der Waals surface area contributed by atoms with Crippen LogP contribution >= 0.6 is 0 Å². The van der Waals surface area contributed by atoms with Crippen LogP contribution in [-0.4, -0.2) is 21.1 Å². The van der Waals surface area contributed by atoms with Gasteiger partial charge in [-0.05, 0) is 24.1 Å². The minimum atomic E-state index is -0.196. The fraction of sp³-hybridized carbons (Fsp3) is 0.154. The minimum Gasteiger partial charge on any atom is -0.307 e. The molecule has 0 aliphatic rings. The number of carbonyl (C=O) groups excluding carboxylic acids is 1. The highest BCUT2D eigenvalue weighted by atomic mass is 16.1. The second kappa shape index (κ2) is 5.77. The number of aryl methyl sites for hydroxylation is 1. The molecule has 0 aromatic carbocycles. The molecule has 2 N–H and O–H groups in total. The maximum absolute atomic E-state index is 11.7. The highest BCUT2D eigenvalue weighted by Gasteiger charge is 2.04. The van der Waals surface area contributed by atoms with Crippen LogP contribution in [0.3, 0.4) is 0 Å². The summed E-state index contributed by atoms with van der Waals surface area (Å²) in [6, 6.07) is 3.70. The van der Waals surface area contributed by atoms with Gasteiger partial charge in [-0.2, -0.15) is 5.10 Å². The monoisotopic (exact) mass is 242 g/mol. The van der Waals surface area contributed by atoms with Gasteiger partial charge < -0.3 is 5.32 Å². The first-order valence-corrected chi connectivity index (χ1v) is 5.71. The van der Waals surface area contributed by atoms with Crippen LogP contribution in [0.4, 0.5) is 5.82 Å². The largest absolute Gasteiger partial charge is 0.307 e. The first-order valence-electron chi connectivity index (χ1n) is 5.71. The van der Waals surface area contributed by atoms with E-state index in [1.165, 1.54) is 6.08 Å². The van der Waals surface area contributed by atoms with E-state index in [-0.39, 0.29) is 5.91 Å². The zero-order valence-corrected chi connectivity index (χ0v) is 10.1. The van der Waals surface area contributed by atoms with Crippen molar-refractivity contribution >= 4 is 17.8 Å². The number of aromatic nitrogens is 3. The van der Waals surface area contributed by atoms with Gasteiger partial charge in [-0.3, -0.25) is 14.9 Å². The van der Waals surface area contributed by atoms with Gasteiger partial charge in [-0.1, -0.05) is 13.0 Å². The number of nitrogens with one attached hydrogen (secondary N) is 2. The van der Waals surface area contributed by atoms with E-state index in [1.54, 1.807) is 24.7 Å². The molecular weight excluding hydrogens is 228 g/mol. The number of carbonyl (C=O) groups is 1. The van der Waals surface area contributed by atoms with Crippen molar-refractivity contribution in [3.05, 3.63) is 47.9 Å². The SMILES string of the molecule is CCc1cn[nH]c1NC(=O)/C=C/c1cccnc1. The molecule has 18 heavy (non-hydrogen) atoms. The Morgan fingerprint density at radius 2 is 2.39 bits per heavy atom. The molecule has 92 valence electrons. The first-order chi connectivity index (χ1) is 8.79. The van der Waals surface area contributed by atoms with Gasteiger partial charge in [0.05, 0.1) is 6.20 Å². The molecule has 0 radical (unpaired) electrons. The third kappa shape index (κ3) is 3.04. The first kappa shape index (κ1) is 12.0. The van der Waals surface area contributed by atoms with Crippen molar-refractivity contribution in [1.82, 2.24) is 15.2 Å². The zero-order valence-electron chi connectivity index (χ0n) is 10.1. The molecule has 1 amide bonds. The van der Waals surface area contributed by atoms with Crippen molar-refractivity contribution in [2.24, 2.45) is 0 Å². The Kier molecular flexibility index (Phi) is 3.86.